The van der Waals surface area contributed by atoms with Crippen LogP contribution in [0.15, 0.2) is 0 Å². The largest absolute Gasteiger partial charge is 0.275 e. The van der Waals surface area contributed by atoms with Gasteiger partial charge in [0.2, 0.25) is 0 Å². The van der Waals surface area contributed by atoms with E-state index in [1.165, 1.54) is 32.8 Å². The highest BCUT2D eigenvalue weighted by Crippen LogP contribution is 2.19. The van der Waals surface area contributed by atoms with Gasteiger partial charge in [0.25, 0.3) is 0 Å². The number of hydrogen-bond acceptors (Lipinski definition) is 1. The van der Waals surface area contributed by atoms with Gasteiger partial charge in [0.1, 0.15) is 6.17 Å². The maximum atomic E-state index is 12.9. The maximum absolute atomic E-state index is 12.9. The van der Waals surface area contributed by atoms with Crippen LogP contribution < -0.4 is 0 Å². The van der Waals surface area contributed by atoms with Gasteiger partial charge in [-0.25, -0.2) is 8.78 Å². The van der Waals surface area contributed by atoms with Crippen LogP contribution in [0.2, 0.25) is 0 Å². The van der Waals surface area contributed by atoms with Crippen LogP contribution in [0.25, 0.3) is 0 Å². The highest BCUT2D eigenvalue weighted by molar-refractivity contribution is 4.75. The van der Waals surface area contributed by atoms with Crippen molar-refractivity contribution in [2.24, 2.45) is 0 Å². The average molecular weight is 137 g/mol. The second kappa shape index (κ2) is 2.60. The Morgan fingerprint density at radius 2 is 1.78 bits per heavy atom. The van der Waals surface area contributed by atoms with Crippen molar-refractivity contribution in [1.29, 1.82) is 0 Å². The van der Waals surface area contributed by atoms with E-state index in [9.17, 15) is 8.78 Å². The predicted octanol–water partition coefficient (Wildman–Crippen LogP) is 1.59. The molecule has 0 amide bonds. The van der Waals surface area contributed by atoms with Crippen molar-refractivity contribution >= 4 is 0 Å². The van der Waals surface area contributed by atoms with Gasteiger partial charge in [-0.05, 0) is 27.9 Å². The smallest absolute Gasteiger partial charge is 0.191 e. The number of nitrogens with zero attached hydrogens (tertiary/aromatic N) is 1. The van der Waals surface area contributed by atoms with Crippen molar-refractivity contribution < 1.29 is 8.78 Å². The number of rotatable bonds is 2. The minimum absolute atomic E-state index is 1.21. The Hall–Kier alpha value is -0.180. The molecule has 1 nitrogen and oxygen atoms in total. The Bertz CT molecular complexity index is 79.1. The van der Waals surface area contributed by atoms with Gasteiger partial charge in [-0.2, -0.15) is 0 Å². The molecule has 0 aliphatic carbocycles. The lowest BCUT2D eigenvalue weighted by Gasteiger charge is -2.28. The lowest BCUT2D eigenvalue weighted by molar-refractivity contribution is -0.0435. The molecule has 0 aliphatic heterocycles. The summed E-state index contributed by atoms with van der Waals surface area (Å²) in [5, 5.41) is 0. The van der Waals surface area contributed by atoms with Crippen molar-refractivity contribution in [3.63, 3.8) is 0 Å². The standard InChI is InChI=1S/C6H13F2N/c1-5(7)6(2,8)9(3)4/h5H,1-4H3. The molecule has 0 radical (unpaired) electrons. The van der Waals surface area contributed by atoms with Gasteiger partial charge in [0.15, 0.2) is 5.79 Å². The Balaban J connectivity index is 4.01. The fourth-order valence-corrected chi connectivity index (χ4v) is 0.356. The van der Waals surface area contributed by atoms with Crippen LogP contribution in [0.4, 0.5) is 8.78 Å². The minimum Gasteiger partial charge on any atom is -0.275 e. The van der Waals surface area contributed by atoms with E-state index < -0.39 is 12.0 Å². The Labute approximate surface area is 54.7 Å². The third kappa shape index (κ3) is 1.90. The molecule has 2 unspecified atom stereocenters. The lowest BCUT2D eigenvalue weighted by atomic mass is 10.2. The zero-order valence-electron chi connectivity index (χ0n) is 6.28. The molecule has 2 atom stereocenters. The Morgan fingerprint density at radius 3 is 1.78 bits per heavy atom. The van der Waals surface area contributed by atoms with Crippen LogP contribution in [0.5, 0.6) is 0 Å². The Kier molecular flexibility index (Phi) is 2.55. The monoisotopic (exact) mass is 137 g/mol. The molecular formula is C6H13F2N. The van der Waals surface area contributed by atoms with Gasteiger partial charge in [-0.1, -0.05) is 0 Å². The van der Waals surface area contributed by atoms with Crippen LogP contribution in [0, 0.1) is 0 Å². The van der Waals surface area contributed by atoms with Crippen molar-refractivity contribution in [1.82, 2.24) is 4.90 Å². The van der Waals surface area contributed by atoms with Gasteiger partial charge in [0.05, 0.1) is 0 Å². The first-order valence-electron chi connectivity index (χ1n) is 2.89. The van der Waals surface area contributed by atoms with Gasteiger partial charge in [0, 0.05) is 0 Å². The Morgan fingerprint density at radius 1 is 1.44 bits per heavy atom. The zero-order chi connectivity index (χ0) is 7.65. The average Bonchev–Trinajstić information content (AvgIpc) is 1.65. The zero-order valence-corrected chi connectivity index (χ0v) is 6.28. The summed E-state index contributed by atoms with van der Waals surface area (Å²) in [5.74, 6) is -1.83. The summed E-state index contributed by atoms with van der Waals surface area (Å²) in [6.45, 7) is 2.43. The van der Waals surface area contributed by atoms with E-state index in [2.05, 4.69) is 0 Å². The van der Waals surface area contributed by atoms with Gasteiger partial charge < -0.3 is 0 Å². The van der Waals surface area contributed by atoms with E-state index in [0.717, 1.165) is 0 Å². The highest BCUT2D eigenvalue weighted by atomic mass is 19.2. The summed E-state index contributed by atoms with van der Waals surface area (Å²) in [5.41, 5.74) is 0. The van der Waals surface area contributed by atoms with E-state index in [-0.39, 0.29) is 0 Å². The fourth-order valence-electron chi connectivity index (χ4n) is 0.356. The lowest BCUT2D eigenvalue weighted by Crippen LogP contribution is -2.43. The van der Waals surface area contributed by atoms with Gasteiger partial charge in [-0.15, -0.1) is 0 Å². The van der Waals surface area contributed by atoms with E-state index >= 15 is 0 Å². The quantitative estimate of drug-likeness (QED) is 0.522. The summed E-state index contributed by atoms with van der Waals surface area (Å²) < 4.78 is 25.2. The van der Waals surface area contributed by atoms with Crippen molar-refractivity contribution in [2.45, 2.75) is 25.8 Å². The topological polar surface area (TPSA) is 3.24 Å². The van der Waals surface area contributed by atoms with E-state index in [0.29, 0.717) is 0 Å². The number of halogens is 2. The van der Waals surface area contributed by atoms with Crippen molar-refractivity contribution in [3.05, 3.63) is 0 Å². The first-order valence-corrected chi connectivity index (χ1v) is 2.89. The molecule has 0 aromatic heterocycles. The molecule has 56 valence electrons. The van der Waals surface area contributed by atoms with Crippen LogP contribution in [-0.2, 0) is 0 Å². The molecule has 0 fully saturated rings. The molecule has 0 heterocycles. The SMILES string of the molecule is CC(F)C(C)(F)N(C)C. The molecule has 9 heavy (non-hydrogen) atoms. The summed E-state index contributed by atoms with van der Waals surface area (Å²) in [4.78, 5) is 1.22. The molecule has 0 aliphatic rings. The first kappa shape index (κ1) is 8.82. The van der Waals surface area contributed by atoms with Gasteiger partial charge >= 0.3 is 0 Å². The third-order valence-electron chi connectivity index (χ3n) is 1.60. The van der Waals surface area contributed by atoms with Crippen LogP contribution in [0.3, 0.4) is 0 Å². The van der Waals surface area contributed by atoms with E-state index in [4.69, 9.17) is 0 Å². The number of alkyl halides is 2. The summed E-state index contributed by atoms with van der Waals surface area (Å²) >= 11 is 0. The summed E-state index contributed by atoms with van der Waals surface area (Å²) in [7, 11) is 3.02. The molecule has 0 spiro atoms. The normalized spacial score (nSPS) is 21.7. The molecular weight excluding hydrogens is 124 g/mol. The molecule has 0 saturated carbocycles. The van der Waals surface area contributed by atoms with Gasteiger partial charge in [-0.3, -0.25) is 4.90 Å². The fraction of sp³-hybridized carbons (Fsp3) is 1.00. The summed E-state index contributed by atoms with van der Waals surface area (Å²) in [6.07, 6.45) is -1.45. The van der Waals surface area contributed by atoms with Crippen LogP contribution >= 0.6 is 0 Å². The molecule has 0 bridgehead atoms. The second-order valence-corrected chi connectivity index (χ2v) is 2.53. The summed E-state index contributed by atoms with van der Waals surface area (Å²) in [6, 6.07) is 0. The molecule has 0 aromatic rings. The second-order valence-electron chi connectivity index (χ2n) is 2.53. The third-order valence-corrected chi connectivity index (χ3v) is 1.60. The molecule has 0 rings (SSSR count). The highest BCUT2D eigenvalue weighted by Gasteiger charge is 2.33. The first-order chi connectivity index (χ1) is 3.89. The molecule has 0 N–H and O–H groups in total. The molecule has 3 heteroatoms. The molecule has 0 saturated heterocycles. The van der Waals surface area contributed by atoms with Crippen molar-refractivity contribution in [3.8, 4) is 0 Å². The van der Waals surface area contributed by atoms with E-state index in [1.807, 2.05) is 0 Å². The predicted molar refractivity (Wildman–Crippen MR) is 33.8 cm³/mol. The van der Waals surface area contributed by atoms with Crippen LogP contribution in [-0.4, -0.2) is 31.0 Å². The maximum Gasteiger partial charge on any atom is 0.191 e. The van der Waals surface area contributed by atoms with Crippen molar-refractivity contribution in [2.75, 3.05) is 14.1 Å². The minimum atomic E-state index is -1.83. The van der Waals surface area contributed by atoms with Crippen LogP contribution in [0.1, 0.15) is 13.8 Å². The van der Waals surface area contributed by atoms with E-state index in [1.54, 1.807) is 0 Å². The molecule has 0 aromatic carbocycles. The number of hydrogen-bond donors (Lipinski definition) is 0.